The summed E-state index contributed by atoms with van der Waals surface area (Å²) < 4.78 is 0. The Hall–Kier alpha value is -1.98. The summed E-state index contributed by atoms with van der Waals surface area (Å²) in [5.41, 5.74) is 2.60. The number of para-hydroxylation sites is 1. The minimum absolute atomic E-state index is 0.0229. The first kappa shape index (κ1) is 14.9. The van der Waals surface area contributed by atoms with E-state index in [0.29, 0.717) is 15.9 Å². The van der Waals surface area contributed by atoms with Crippen LogP contribution in [0.3, 0.4) is 0 Å². The molecule has 2 aromatic carbocycles. The van der Waals surface area contributed by atoms with E-state index in [2.05, 4.69) is 9.97 Å². The first-order valence-electron chi connectivity index (χ1n) is 6.73. The van der Waals surface area contributed by atoms with Gasteiger partial charge in [0.1, 0.15) is 0 Å². The number of amides is 1. The highest BCUT2D eigenvalue weighted by molar-refractivity contribution is 7.99. The molecule has 0 bridgehead atoms. The monoisotopic (exact) mass is 331 g/mol. The first-order valence-corrected chi connectivity index (χ1v) is 8.09. The number of nitrogens with zero attached hydrogens (tertiary/aromatic N) is 2. The van der Waals surface area contributed by atoms with Gasteiger partial charge in [0.25, 0.3) is 0 Å². The van der Waals surface area contributed by atoms with E-state index in [9.17, 15) is 4.79 Å². The number of benzene rings is 2. The molecule has 0 saturated carbocycles. The third kappa shape index (κ3) is 3.26. The summed E-state index contributed by atoms with van der Waals surface area (Å²) in [7, 11) is 1.77. The van der Waals surface area contributed by atoms with E-state index in [1.54, 1.807) is 18.0 Å². The van der Waals surface area contributed by atoms with Crippen molar-refractivity contribution < 1.29 is 4.79 Å². The maximum absolute atomic E-state index is 12.2. The van der Waals surface area contributed by atoms with E-state index in [-0.39, 0.29) is 5.91 Å². The van der Waals surface area contributed by atoms with Crippen molar-refractivity contribution in [2.24, 2.45) is 0 Å². The van der Waals surface area contributed by atoms with Crippen LogP contribution in [0.4, 0.5) is 5.69 Å². The molecule has 1 heterocycles. The average Bonchev–Trinajstić information content (AvgIpc) is 2.94. The predicted octanol–water partition coefficient (Wildman–Crippen LogP) is 3.97. The Morgan fingerprint density at radius 3 is 2.82 bits per heavy atom. The van der Waals surface area contributed by atoms with E-state index < -0.39 is 0 Å². The molecule has 6 heteroatoms. The van der Waals surface area contributed by atoms with Crippen LogP contribution in [0.25, 0.3) is 11.0 Å². The minimum atomic E-state index is 0.0229. The van der Waals surface area contributed by atoms with E-state index >= 15 is 0 Å². The lowest BCUT2D eigenvalue weighted by Gasteiger charge is -2.16. The molecular weight excluding hydrogens is 318 g/mol. The number of aromatic amines is 1. The van der Waals surface area contributed by atoms with Crippen LogP contribution in [-0.4, -0.2) is 28.7 Å². The van der Waals surface area contributed by atoms with Gasteiger partial charge in [-0.1, -0.05) is 41.6 Å². The quantitative estimate of drug-likeness (QED) is 0.736. The van der Waals surface area contributed by atoms with Gasteiger partial charge in [0.05, 0.1) is 16.8 Å². The summed E-state index contributed by atoms with van der Waals surface area (Å²) in [4.78, 5) is 21.5. The van der Waals surface area contributed by atoms with Gasteiger partial charge in [-0.2, -0.15) is 0 Å². The highest BCUT2D eigenvalue weighted by Crippen LogP contribution is 2.23. The molecule has 1 amide bonds. The number of carbonyl (C=O) groups excluding carboxylic acids is 1. The van der Waals surface area contributed by atoms with Crippen molar-refractivity contribution in [1.82, 2.24) is 9.97 Å². The number of hydrogen-bond donors (Lipinski definition) is 1. The van der Waals surface area contributed by atoms with Crippen LogP contribution in [0.2, 0.25) is 5.02 Å². The Labute approximate surface area is 137 Å². The van der Waals surface area contributed by atoms with Gasteiger partial charge < -0.3 is 9.88 Å². The predicted molar refractivity (Wildman–Crippen MR) is 91.7 cm³/mol. The number of H-pyrrole nitrogens is 1. The van der Waals surface area contributed by atoms with E-state index in [0.717, 1.165) is 16.7 Å². The summed E-state index contributed by atoms with van der Waals surface area (Å²) >= 11 is 7.33. The number of anilines is 1. The van der Waals surface area contributed by atoms with Crippen LogP contribution < -0.4 is 4.90 Å². The molecule has 3 rings (SSSR count). The van der Waals surface area contributed by atoms with Gasteiger partial charge in [0.15, 0.2) is 5.16 Å². The molecule has 112 valence electrons. The lowest BCUT2D eigenvalue weighted by atomic mass is 10.3. The Bertz CT molecular complexity index is 804. The number of fused-ring (bicyclic) bond motifs is 1. The highest BCUT2D eigenvalue weighted by atomic mass is 35.5. The SMILES string of the molecule is CN(C(=O)CSc1nc2ccc(Cl)cc2[nH]1)c1ccccc1. The smallest absolute Gasteiger partial charge is 0.237 e. The second-order valence-corrected chi connectivity index (χ2v) is 6.18. The molecular formula is C16H14ClN3OS. The van der Waals surface area contributed by atoms with Gasteiger partial charge in [-0.05, 0) is 30.3 Å². The van der Waals surface area contributed by atoms with Gasteiger partial charge in [-0.25, -0.2) is 4.98 Å². The van der Waals surface area contributed by atoms with Crippen LogP contribution >= 0.6 is 23.4 Å². The van der Waals surface area contributed by atoms with Gasteiger partial charge in [0, 0.05) is 17.8 Å². The number of halogens is 1. The third-order valence-corrected chi connectivity index (χ3v) is 4.37. The molecule has 0 aliphatic rings. The second kappa shape index (κ2) is 6.42. The molecule has 1 N–H and O–H groups in total. The Morgan fingerprint density at radius 2 is 2.05 bits per heavy atom. The molecule has 22 heavy (non-hydrogen) atoms. The third-order valence-electron chi connectivity index (χ3n) is 3.27. The summed E-state index contributed by atoms with van der Waals surface area (Å²) in [5.74, 6) is 0.341. The van der Waals surface area contributed by atoms with Crippen molar-refractivity contribution in [1.29, 1.82) is 0 Å². The molecule has 0 fully saturated rings. The van der Waals surface area contributed by atoms with E-state index in [1.807, 2.05) is 42.5 Å². The minimum Gasteiger partial charge on any atom is -0.333 e. The number of thioether (sulfide) groups is 1. The lowest BCUT2D eigenvalue weighted by molar-refractivity contribution is -0.115. The zero-order valence-corrected chi connectivity index (χ0v) is 13.5. The number of hydrogen-bond acceptors (Lipinski definition) is 3. The Kier molecular flexibility index (Phi) is 4.36. The molecule has 0 aliphatic carbocycles. The fraction of sp³-hybridized carbons (Fsp3) is 0.125. The van der Waals surface area contributed by atoms with E-state index in [4.69, 9.17) is 11.6 Å². The fourth-order valence-electron chi connectivity index (χ4n) is 2.05. The Balaban J connectivity index is 1.67. The lowest BCUT2D eigenvalue weighted by Crippen LogP contribution is -2.27. The number of imidazole rings is 1. The van der Waals surface area contributed by atoms with Crippen molar-refractivity contribution in [2.45, 2.75) is 5.16 Å². The molecule has 0 unspecified atom stereocenters. The van der Waals surface area contributed by atoms with Crippen LogP contribution in [0.5, 0.6) is 0 Å². The second-order valence-electron chi connectivity index (χ2n) is 4.78. The van der Waals surface area contributed by atoms with Gasteiger partial charge in [0.2, 0.25) is 5.91 Å². The molecule has 0 atom stereocenters. The van der Waals surface area contributed by atoms with Gasteiger partial charge >= 0.3 is 0 Å². The summed E-state index contributed by atoms with van der Waals surface area (Å²) in [6.07, 6.45) is 0. The Morgan fingerprint density at radius 1 is 1.27 bits per heavy atom. The molecule has 0 aliphatic heterocycles. The summed E-state index contributed by atoms with van der Waals surface area (Å²) in [5, 5.41) is 1.37. The number of rotatable bonds is 4. The standard InChI is InChI=1S/C16H14ClN3OS/c1-20(12-5-3-2-4-6-12)15(21)10-22-16-18-13-8-7-11(17)9-14(13)19-16/h2-9H,10H2,1H3,(H,18,19). The normalized spacial score (nSPS) is 10.8. The van der Waals surface area contributed by atoms with Gasteiger partial charge in [-0.3, -0.25) is 4.79 Å². The largest absolute Gasteiger partial charge is 0.333 e. The van der Waals surface area contributed by atoms with Crippen molar-refractivity contribution in [2.75, 3.05) is 17.7 Å². The zero-order chi connectivity index (χ0) is 15.5. The van der Waals surface area contributed by atoms with Crippen LogP contribution in [0, 0.1) is 0 Å². The first-order chi connectivity index (χ1) is 10.6. The van der Waals surface area contributed by atoms with Gasteiger partial charge in [-0.15, -0.1) is 0 Å². The van der Waals surface area contributed by atoms with Crippen LogP contribution in [-0.2, 0) is 4.79 Å². The highest BCUT2D eigenvalue weighted by Gasteiger charge is 2.12. The molecule has 4 nitrogen and oxygen atoms in total. The maximum atomic E-state index is 12.2. The molecule has 0 radical (unpaired) electrons. The van der Waals surface area contributed by atoms with E-state index in [1.165, 1.54) is 11.8 Å². The summed E-state index contributed by atoms with van der Waals surface area (Å²) in [6.45, 7) is 0. The fourth-order valence-corrected chi connectivity index (χ4v) is 3.02. The maximum Gasteiger partial charge on any atom is 0.237 e. The number of carbonyl (C=O) groups is 1. The molecule has 0 spiro atoms. The zero-order valence-electron chi connectivity index (χ0n) is 11.9. The topological polar surface area (TPSA) is 49.0 Å². The van der Waals surface area contributed by atoms with Crippen LogP contribution in [0.15, 0.2) is 53.7 Å². The molecule has 0 saturated heterocycles. The molecule has 3 aromatic rings. The van der Waals surface area contributed by atoms with Crippen LogP contribution in [0.1, 0.15) is 0 Å². The number of nitrogens with one attached hydrogen (secondary N) is 1. The average molecular weight is 332 g/mol. The summed E-state index contributed by atoms with van der Waals surface area (Å²) in [6, 6.07) is 15.0. The van der Waals surface area contributed by atoms with Crippen molar-refractivity contribution in [3.05, 3.63) is 53.6 Å². The van der Waals surface area contributed by atoms with Crippen molar-refractivity contribution >= 4 is 46.0 Å². The van der Waals surface area contributed by atoms with Crippen molar-refractivity contribution in [3.63, 3.8) is 0 Å². The van der Waals surface area contributed by atoms with Crippen molar-refractivity contribution in [3.8, 4) is 0 Å². The molecule has 1 aromatic heterocycles. The number of aromatic nitrogens is 2.